The highest BCUT2D eigenvalue weighted by Gasteiger charge is 2.40. The zero-order valence-corrected chi connectivity index (χ0v) is 22.4. The Labute approximate surface area is 230 Å². The fourth-order valence-corrected chi connectivity index (χ4v) is 4.48. The third-order valence-electron chi connectivity index (χ3n) is 6.31. The van der Waals surface area contributed by atoms with Crippen molar-refractivity contribution >= 4 is 39.7 Å². The molecule has 0 spiro atoms. The fraction of sp³-hybridized carbons (Fsp3) is 0.310. The van der Waals surface area contributed by atoms with Gasteiger partial charge in [-0.05, 0) is 36.4 Å². The van der Waals surface area contributed by atoms with Crippen LogP contribution in [0.5, 0.6) is 0 Å². The summed E-state index contributed by atoms with van der Waals surface area (Å²) in [5, 5.41) is 36.4. The standard InChI is InChI=1S/C23H25N3O.C6H8O7/c1-25(15-18-7-5-10-22-20(18)9-6-12-24-22)16-19-17-26(13-14-27-2)23-11-4-3-8-21(19)23;7-3(8)1-6(13,5(11)12)2-4(9)10/h3-12,17H,13-16H2,1-2H3;13H,1-2H2,(H,7,8)(H,9,10)(H,11,12). The molecule has 2 aromatic heterocycles. The molecule has 212 valence electrons. The molecule has 4 N–H and O–H groups in total. The van der Waals surface area contributed by atoms with Gasteiger partial charge in [0.25, 0.3) is 0 Å². The first-order valence-electron chi connectivity index (χ1n) is 12.5. The molecule has 40 heavy (non-hydrogen) atoms. The second kappa shape index (κ2) is 13.7. The van der Waals surface area contributed by atoms with Crippen LogP contribution in [-0.4, -0.2) is 79.2 Å². The van der Waals surface area contributed by atoms with E-state index in [0.29, 0.717) is 0 Å². The smallest absolute Gasteiger partial charge is 0.336 e. The number of carboxylic acid groups (broad SMARTS) is 3. The van der Waals surface area contributed by atoms with Crippen LogP contribution in [0.15, 0.2) is 67.0 Å². The second-order valence-electron chi connectivity index (χ2n) is 9.49. The summed E-state index contributed by atoms with van der Waals surface area (Å²) < 4.78 is 7.56. The van der Waals surface area contributed by atoms with E-state index in [1.54, 1.807) is 7.11 Å². The average Bonchev–Trinajstić information content (AvgIpc) is 3.24. The number of fused-ring (bicyclic) bond motifs is 2. The summed E-state index contributed by atoms with van der Waals surface area (Å²) in [6.45, 7) is 3.38. The van der Waals surface area contributed by atoms with Gasteiger partial charge in [0.2, 0.25) is 0 Å². The van der Waals surface area contributed by atoms with Gasteiger partial charge in [-0.25, -0.2) is 4.79 Å². The van der Waals surface area contributed by atoms with Crippen LogP contribution in [0.4, 0.5) is 0 Å². The molecule has 2 aromatic carbocycles. The number of aromatic nitrogens is 2. The van der Waals surface area contributed by atoms with Crippen LogP contribution in [0.3, 0.4) is 0 Å². The molecule has 0 amide bonds. The summed E-state index contributed by atoms with van der Waals surface area (Å²) in [5.41, 5.74) is 2.25. The number of methoxy groups -OCH3 is 1. The largest absolute Gasteiger partial charge is 0.481 e. The predicted molar refractivity (Wildman–Crippen MR) is 148 cm³/mol. The Hall–Kier alpha value is -4.32. The van der Waals surface area contributed by atoms with E-state index >= 15 is 0 Å². The molecule has 0 atom stereocenters. The number of carbonyl (C=O) groups is 3. The third-order valence-corrected chi connectivity index (χ3v) is 6.31. The summed E-state index contributed by atoms with van der Waals surface area (Å²) in [6, 6.07) is 19.1. The van der Waals surface area contributed by atoms with Gasteiger partial charge in [-0.1, -0.05) is 36.4 Å². The van der Waals surface area contributed by atoms with Crippen LogP contribution < -0.4 is 0 Å². The first-order valence-corrected chi connectivity index (χ1v) is 12.5. The lowest BCUT2D eigenvalue weighted by molar-refractivity contribution is -0.170. The molecule has 11 heteroatoms. The summed E-state index contributed by atoms with van der Waals surface area (Å²) in [5.74, 6) is -5.02. The highest BCUT2D eigenvalue weighted by Crippen LogP contribution is 2.24. The van der Waals surface area contributed by atoms with Crippen molar-refractivity contribution in [2.45, 2.75) is 38.1 Å². The van der Waals surface area contributed by atoms with Crippen LogP contribution in [0.2, 0.25) is 0 Å². The number of benzene rings is 2. The van der Waals surface area contributed by atoms with Gasteiger partial charge < -0.3 is 29.7 Å². The van der Waals surface area contributed by atoms with E-state index in [9.17, 15) is 14.4 Å². The highest BCUT2D eigenvalue weighted by atomic mass is 16.5. The lowest BCUT2D eigenvalue weighted by Gasteiger charge is -2.18. The second-order valence-corrected chi connectivity index (χ2v) is 9.49. The topological polar surface area (TPSA) is 162 Å². The maximum absolute atomic E-state index is 10.3. The van der Waals surface area contributed by atoms with Crippen molar-refractivity contribution < 1.29 is 39.5 Å². The van der Waals surface area contributed by atoms with E-state index in [4.69, 9.17) is 25.2 Å². The Morgan fingerprint density at radius 1 is 0.900 bits per heavy atom. The number of hydrogen-bond donors (Lipinski definition) is 4. The van der Waals surface area contributed by atoms with Crippen molar-refractivity contribution in [2.75, 3.05) is 20.8 Å². The van der Waals surface area contributed by atoms with Gasteiger partial charge in [-0.2, -0.15) is 0 Å². The number of rotatable bonds is 12. The van der Waals surface area contributed by atoms with Gasteiger partial charge in [0.05, 0.1) is 25.0 Å². The van der Waals surface area contributed by atoms with E-state index < -0.39 is 36.4 Å². The number of aliphatic carboxylic acids is 3. The summed E-state index contributed by atoms with van der Waals surface area (Å²) in [7, 11) is 3.93. The van der Waals surface area contributed by atoms with Crippen LogP contribution in [0.1, 0.15) is 24.0 Å². The molecule has 0 bridgehead atoms. The maximum atomic E-state index is 10.3. The molecule has 4 rings (SSSR count). The van der Waals surface area contributed by atoms with Crippen molar-refractivity contribution in [2.24, 2.45) is 0 Å². The molecule has 0 saturated heterocycles. The predicted octanol–water partition coefficient (Wildman–Crippen LogP) is 3.22. The number of ether oxygens (including phenoxy) is 1. The number of pyridine rings is 1. The lowest BCUT2D eigenvalue weighted by atomic mass is 9.96. The van der Waals surface area contributed by atoms with Gasteiger partial charge in [0.1, 0.15) is 0 Å². The number of aliphatic hydroxyl groups is 1. The van der Waals surface area contributed by atoms with Crippen LogP contribution in [0.25, 0.3) is 21.8 Å². The summed E-state index contributed by atoms with van der Waals surface area (Å²) in [4.78, 5) is 37.3. The fourth-order valence-electron chi connectivity index (χ4n) is 4.48. The molecule has 0 aliphatic carbocycles. The summed E-state index contributed by atoms with van der Waals surface area (Å²) >= 11 is 0. The van der Waals surface area contributed by atoms with Crippen molar-refractivity contribution in [3.05, 3.63) is 78.1 Å². The number of nitrogens with zero attached hydrogens (tertiary/aromatic N) is 3. The molecular formula is C29H33N3O8. The quantitative estimate of drug-likeness (QED) is 0.206. The van der Waals surface area contributed by atoms with E-state index in [0.717, 1.165) is 31.8 Å². The number of hydrogen-bond acceptors (Lipinski definition) is 7. The molecule has 0 fully saturated rings. The molecule has 11 nitrogen and oxygen atoms in total. The van der Waals surface area contributed by atoms with E-state index in [1.807, 2.05) is 12.3 Å². The maximum Gasteiger partial charge on any atom is 0.336 e. The monoisotopic (exact) mass is 551 g/mol. The van der Waals surface area contributed by atoms with Crippen molar-refractivity contribution in [1.82, 2.24) is 14.5 Å². The van der Waals surface area contributed by atoms with Crippen LogP contribution in [-0.2, 0) is 38.8 Å². The van der Waals surface area contributed by atoms with E-state index in [1.165, 1.54) is 27.4 Å². The molecule has 0 aliphatic rings. The molecular weight excluding hydrogens is 518 g/mol. The van der Waals surface area contributed by atoms with Gasteiger partial charge in [0.15, 0.2) is 5.60 Å². The first kappa shape index (κ1) is 30.2. The molecule has 0 unspecified atom stereocenters. The Bertz CT molecular complexity index is 1460. The van der Waals surface area contributed by atoms with Gasteiger partial charge in [-0.15, -0.1) is 0 Å². The van der Waals surface area contributed by atoms with E-state index in [2.05, 4.69) is 76.2 Å². The zero-order valence-electron chi connectivity index (χ0n) is 22.4. The minimum Gasteiger partial charge on any atom is -0.481 e. The molecule has 2 heterocycles. The zero-order chi connectivity index (χ0) is 29.3. The lowest BCUT2D eigenvalue weighted by Crippen LogP contribution is -2.42. The molecule has 0 aliphatic heterocycles. The van der Waals surface area contributed by atoms with Gasteiger partial charge in [-0.3, -0.25) is 19.5 Å². The van der Waals surface area contributed by atoms with Crippen molar-refractivity contribution in [3.63, 3.8) is 0 Å². The van der Waals surface area contributed by atoms with Gasteiger partial charge in [0, 0.05) is 55.4 Å². The van der Waals surface area contributed by atoms with Gasteiger partial charge >= 0.3 is 17.9 Å². The van der Waals surface area contributed by atoms with Crippen molar-refractivity contribution in [3.8, 4) is 0 Å². The first-order chi connectivity index (χ1) is 19.0. The Morgan fingerprint density at radius 3 is 2.20 bits per heavy atom. The minimum absolute atomic E-state index is 0.719. The highest BCUT2D eigenvalue weighted by molar-refractivity contribution is 5.88. The third kappa shape index (κ3) is 7.85. The SMILES string of the molecule is COCCn1cc(CN(C)Cc2cccc3ncccc23)c2ccccc21.O=C(O)CC(O)(CC(=O)O)C(=O)O. The molecule has 0 saturated carbocycles. The average molecular weight is 552 g/mol. The van der Waals surface area contributed by atoms with Crippen molar-refractivity contribution in [1.29, 1.82) is 0 Å². The molecule has 4 aromatic rings. The Morgan fingerprint density at radius 2 is 1.55 bits per heavy atom. The van der Waals surface area contributed by atoms with Crippen LogP contribution >= 0.6 is 0 Å². The molecule has 0 radical (unpaired) electrons. The Kier molecular flexibility index (Phi) is 10.3. The van der Waals surface area contributed by atoms with Crippen LogP contribution in [0, 0.1) is 0 Å². The number of para-hydroxylation sites is 1. The van der Waals surface area contributed by atoms with E-state index in [-0.39, 0.29) is 0 Å². The minimum atomic E-state index is -2.74. The number of carboxylic acids is 3. The normalized spacial score (nSPS) is 11.4. The summed E-state index contributed by atoms with van der Waals surface area (Å²) in [6.07, 6.45) is 1.83. The Balaban J connectivity index is 0.000000289.